The van der Waals surface area contributed by atoms with Gasteiger partial charge in [0.25, 0.3) is 0 Å². The summed E-state index contributed by atoms with van der Waals surface area (Å²) in [5.74, 6) is 0. The van der Waals surface area contributed by atoms with Crippen molar-refractivity contribution in [2.24, 2.45) is 5.73 Å². The van der Waals surface area contributed by atoms with Gasteiger partial charge in [0.15, 0.2) is 0 Å². The lowest BCUT2D eigenvalue weighted by Crippen LogP contribution is -2.48. The molecule has 1 rings (SSSR count). The predicted molar refractivity (Wildman–Crippen MR) is 76.6 cm³/mol. The molecule has 2 nitrogen and oxygen atoms in total. The van der Waals surface area contributed by atoms with Crippen LogP contribution < -0.4 is 10.6 Å². The van der Waals surface area contributed by atoms with E-state index in [1.165, 1.54) is 11.3 Å². The maximum atomic E-state index is 6.35. The van der Waals surface area contributed by atoms with Gasteiger partial charge in [-0.1, -0.05) is 32.9 Å². The first kappa shape index (κ1) is 14.0. The molecule has 0 heterocycles. The lowest BCUT2D eigenvalue weighted by molar-refractivity contribution is 0.400. The minimum atomic E-state index is -0.0713. The number of hydrogen-bond acceptors (Lipinski definition) is 2. The van der Waals surface area contributed by atoms with Gasteiger partial charge in [0.1, 0.15) is 0 Å². The van der Waals surface area contributed by atoms with Crippen molar-refractivity contribution in [3.63, 3.8) is 0 Å². The van der Waals surface area contributed by atoms with Crippen molar-refractivity contribution in [2.75, 3.05) is 18.5 Å². The smallest absolute Gasteiger partial charge is 0.0364 e. The summed E-state index contributed by atoms with van der Waals surface area (Å²) in [5, 5.41) is 0. The van der Waals surface area contributed by atoms with Gasteiger partial charge in [0.2, 0.25) is 0 Å². The van der Waals surface area contributed by atoms with Crippen molar-refractivity contribution in [1.82, 2.24) is 0 Å². The van der Waals surface area contributed by atoms with Crippen molar-refractivity contribution in [3.8, 4) is 0 Å². The van der Waals surface area contributed by atoms with Crippen LogP contribution in [0.2, 0.25) is 0 Å². The lowest BCUT2D eigenvalue weighted by atomic mass is 9.93. The number of benzene rings is 1. The topological polar surface area (TPSA) is 29.3 Å². The van der Waals surface area contributed by atoms with E-state index in [1.807, 2.05) is 0 Å². The quantitative estimate of drug-likeness (QED) is 0.819. The first-order valence-electron chi connectivity index (χ1n) is 6.63. The summed E-state index contributed by atoms with van der Waals surface area (Å²) in [6, 6.07) is 8.76. The van der Waals surface area contributed by atoms with Crippen molar-refractivity contribution in [1.29, 1.82) is 0 Å². The van der Waals surface area contributed by atoms with Crippen LogP contribution in [0.4, 0.5) is 5.69 Å². The summed E-state index contributed by atoms with van der Waals surface area (Å²) in [5.41, 5.74) is 8.91. The van der Waals surface area contributed by atoms with Crippen LogP contribution in [0.15, 0.2) is 24.3 Å². The predicted octanol–water partition coefficient (Wildman–Crippen LogP) is 3.20. The Labute approximate surface area is 106 Å². The first-order chi connectivity index (χ1) is 8.04. The Balaban J connectivity index is 2.71. The van der Waals surface area contributed by atoms with Crippen LogP contribution in [-0.2, 0) is 6.42 Å². The zero-order valence-corrected chi connectivity index (χ0v) is 11.7. The monoisotopic (exact) mass is 234 g/mol. The van der Waals surface area contributed by atoms with Gasteiger partial charge >= 0.3 is 0 Å². The van der Waals surface area contributed by atoms with Crippen molar-refractivity contribution in [3.05, 3.63) is 29.8 Å². The first-order valence-corrected chi connectivity index (χ1v) is 6.63. The SMILES string of the molecule is CCc1ccc(N(C)CC(N)(CC)CC)cc1. The van der Waals surface area contributed by atoms with E-state index >= 15 is 0 Å². The Morgan fingerprint density at radius 2 is 1.59 bits per heavy atom. The molecule has 2 N–H and O–H groups in total. The number of hydrogen-bond donors (Lipinski definition) is 1. The van der Waals surface area contributed by atoms with E-state index in [2.05, 4.69) is 57.0 Å². The molecule has 0 bridgehead atoms. The molecule has 0 fully saturated rings. The van der Waals surface area contributed by atoms with E-state index in [1.54, 1.807) is 0 Å². The average molecular weight is 234 g/mol. The van der Waals surface area contributed by atoms with Crippen LogP contribution in [0.3, 0.4) is 0 Å². The molecule has 0 aliphatic carbocycles. The summed E-state index contributed by atoms with van der Waals surface area (Å²) in [4.78, 5) is 2.26. The molecular formula is C15H26N2. The number of anilines is 1. The Hall–Kier alpha value is -1.02. The van der Waals surface area contributed by atoms with Gasteiger partial charge in [0.05, 0.1) is 0 Å². The van der Waals surface area contributed by atoms with E-state index in [0.717, 1.165) is 25.8 Å². The second kappa shape index (κ2) is 6.06. The average Bonchev–Trinajstić information content (AvgIpc) is 2.38. The minimum absolute atomic E-state index is 0.0713. The summed E-state index contributed by atoms with van der Waals surface area (Å²) >= 11 is 0. The highest BCUT2D eigenvalue weighted by Crippen LogP contribution is 2.19. The van der Waals surface area contributed by atoms with Crippen molar-refractivity contribution >= 4 is 5.69 Å². The fourth-order valence-corrected chi connectivity index (χ4v) is 2.02. The van der Waals surface area contributed by atoms with Gasteiger partial charge in [-0.2, -0.15) is 0 Å². The molecule has 0 atom stereocenters. The van der Waals surface area contributed by atoms with E-state index in [4.69, 9.17) is 5.73 Å². The molecule has 96 valence electrons. The van der Waals surface area contributed by atoms with Crippen LogP contribution in [0.5, 0.6) is 0 Å². The third-order valence-corrected chi connectivity index (χ3v) is 3.75. The highest BCUT2D eigenvalue weighted by atomic mass is 15.1. The van der Waals surface area contributed by atoms with Crippen LogP contribution in [0.25, 0.3) is 0 Å². The highest BCUT2D eigenvalue weighted by Gasteiger charge is 2.22. The van der Waals surface area contributed by atoms with E-state index in [-0.39, 0.29) is 5.54 Å². The second-order valence-electron chi connectivity index (χ2n) is 4.95. The lowest BCUT2D eigenvalue weighted by Gasteiger charge is -2.33. The van der Waals surface area contributed by atoms with Gasteiger partial charge < -0.3 is 10.6 Å². The van der Waals surface area contributed by atoms with Crippen LogP contribution in [0, 0.1) is 0 Å². The Kier molecular flexibility index (Phi) is 5.01. The molecule has 17 heavy (non-hydrogen) atoms. The Morgan fingerprint density at radius 3 is 2.00 bits per heavy atom. The normalized spacial score (nSPS) is 11.6. The zero-order chi connectivity index (χ0) is 12.9. The van der Waals surface area contributed by atoms with Gasteiger partial charge in [0, 0.05) is 24.8 Å². The molecule has 0 aliphatic heterocycles. The van der Waals surface area contributed by atoms with Crippen molar-refractivity contribution in [2.45, 2.75) is 45.6 Å². The summed E-state index contributed by atoms with van der Waals surface area (Å²) in [7, 11) is 2.12. The molecule has 0 saturated carbocycles. The van der Waals surface area contributed by atoms with Crippen molar-refractivity contribution < 1.29 is 0 Å². The molecule has 1 aromatic rings. The van der Waals surface area contributed by atoms with Crippen LogP contribution in [-0.4, -0.2) is 19.1 Å². The highest BCUT2D eigenvalue weighted by molar-refractivity contribution is 5.47. The number of nitrogens with two attached hydrogens (primary N) is 1. The van der Waals surface area contributed by atoms with Gasteiger partial charge in [-0.3, -0.25) is 0 Å². The van der Waals surface area contributed by atoms with E-state index in [0.29, 0.717) is 0 Å². The molecule has 1 aromatic carbocycles. The maximum absolute atomic E-state index is 6.35. The molecule has 2 heteroatoms. The third-order valence-electron chi connectivity index (χ3n) is 3.75. The van der Waals surface area contributed by atoms with Gasteiger partial charge in [-0.05, 0) is 37.0 Å². The summed E-state index contributed by atoms with van der Waals surface area (Å²) in [6.07, 6.45) is 3.12. The molecule has 0 unspecified atom stereocenters. The zero-order valence-electron chi connectivity index (χ0n) is 11.7. The number of rotatable bonds is 6. The van der Waals surface area contributed by atoms with E-state index < -0.39 is 0 Å². The molecule has 0 aromatic heterocycles. The van der Waals surface area contributed by atoms with E-state index in [9.17, 15) is 0 Å². The van der Waals surface area contributed by atoms with Gasteiger partial charge in [-0.25, -0.2) is 0 Å². The number of nitrogens with zero attached hydrogens (tertiary/aromatic N) is 1. The Bertz CT molecular complexity index is 325. The van der Waals surface area contributed by atoms with Gasteiger partial charge in [-0.15, -0.1) is 0 Å². The fraction of sp³-hybridized carbons (Fsp3) is 0.600. The molecule has 0 radical (unpaired) electrons. The summed E-state index contributed by atoms with van der Waals surface area (Å²) < 4.78 is 0. The number of likely N-dealkylation sites (N-methyl/N-ethyl adjacent to an activating group) is 1. The molecule has 0 saturated heterocycles. The van der Waals surface area contributed by atoms with Crippen LogP contribution >= 0.6 is 0 Å². The Morgan fingerprint density at radius 1 is 1.06 bits per heavy atom. The fourth-order valence-electron chi connectivity index (χ4n) is 2.02. The largest absolute Gasteiger partial charge is 0.373 e. The van der Waals surface area contributed by atoms with Crippen LogP contribution in [0.1, 0.15) is 39.2 Å². The summed E-state index contributed by atoms with van der Waals surface area (Å²) in [6.45, 7) is 7.41. The molecular weight excluding hydrogens is 208 g/mol. The standard InChI is InChI=1S/C15H26N2/c1-5-13-8-10-14(11-9-13)17(4)12-15(16,6-2)7-3/h8-11H,5-7,12,16H2,1-4H3. The molecule has 0 spiro atoms. The molecule has 0 amide bonds. The molecule has 0 aliphatic rings. The second-order valence-corrected chi connectivity index (χ2v) is 4.95. The number of aryl methyl sites for hydroxylation is 1. The minimum Gasteiger partial charge on any atom is -0.373 e. The maximum Gasteiger partial charge on any atom is 0.0364 e. The third kappa shape index (κ3) is 3.74.